The van der Waals surface area contributed by atoms with Crippen LogP contribution in [-0.2, 0) is 16.9 Å². The summed E-state index contributed by atoms with van der Waals surface area (Å²) in [5.74, 6) is 0. The van der Waals surface area contributed by atoms with E-state index in [0.717, 1.165) is 39.1 Å². The van der Waals surface area contributed by atoms with Gasteiger partial charge < -0.3 is 9.64 Å². The molecule has 16 heavy (non-hydrogen) atoms. The molecule has 0 aliphatic carbocycles. The van der Waals surface area contributed by atoms with Gasteiger partial charge in [-0.05, 0) is 31.0 Å². The van der Waals surface area contributed by atoms with E-state index in [2.05, 4.69) is 22.9 Å². The SMILES string of the molecule is CCN1CCC2(CC1)OCc1ccncc12. The first-order chi connectivity index (χ1) is 7.84. The third kappa shape index (κ3) is 1.46. The van der Waals surface area contributed by atoms with Crippen LogP contribution in [0.15, 0.2) is 18.5 Å². The molecule has 1 aromatic heterocycles. The minimum Gasteiger partial charge on any atom is -0.365 e. The van der Waals surface area contributed by atoms with E-state index in [1.165, 1.54) is 11.1 Å². The molecule has 1 aromatic rings. The Morgan fingerprint density at radius 2 is 2.25 bits per heavy atom. The van der Waals surface area contributed by atoms with Crippen molar-refractivity contribution in [3.8, 4) is 0 Å². The van der Waals surface area contributed by atoms with Crippen LogP contribution < -0.4 is 0 Å². The van der Waals surface area contributed by atoms with Gasteiger partial charge in [0.15, 0.2) is 0 Å². The van der Waals surface area contributed by atoms with Crippen molar-refractivity contribution in [1.82, 2.24) is 9.88 Å². The maximum absolute atomic E-state index is 6.08. The van der Waals surface area contributed by atoms with Gasteiger partial charge in [0, 0.05) is 31.0 Å². The zero-order valence-electron chi connectivity index (χ0n) is 9.78. The number of aromatic nitrogens is 1. The molecule has 1 saturated heterocycles. The number of hydrogen-bond acceptors (Lipinski definition) is 3. The quantitative estimate of drug-likeness (QED) is 0.720. The van der Waals surface area contributed by atoms with Crippen LogP contribution in [0.2, 0.25) is 0 Å². The summed E-state index contributed by atoms with van der Waals surface area (Å²) in [6.07, 6.45) is 6.09. The third-order valence-corrected chi connectivity index (χ3v) is 4.02. The first-order valence-electron chi connectivity index (χ1n) is 6.14. The van der Waals surface area contributed by atoms with Crippen molar-refractivity contribution < 1.29 is 4.74 Å². The maximum atomic E-state index is 6.08. The standard InChI is InChI=1S/C13H18N2O/c1-2-15-7-4-13(5-8-15)12-9-14-6-3-11(12)10-16-13/h3,6,9H,2,4-5,7-8,10H2,1H3. The molecular formula is C13H18N2O. The maximum Gasteiger partial charge on any atom is 0.0978 e. The molecule has 3 heteroatoms. The van der Waals surface area contributed by atoms with Gasteiger partial charge in [-0.15, -0.1) is 0 Å². The highest BCUT2D eigenvalue weighted by atomic mass is 16.5. The van der Waals surface area contributed by atoms with E-state index in [0.29, 0.717) is 0 Å². The highest BCUT2D eigenvalue weighted by Gasteiger charge is 2.42. The molecule has 1 fully saturated rings. The largest absolute Gasteiger partial charge is 0.365 e. The Bertz CT molecular complexity index is 383. The van der Waals surface area contributed by atoms with Crippen LogP contribution >= 0.6 is 0 Å². The molecule has 3 rings (SSSR count). The number of pyridine rings is 1. The molecule has 86 valence electrons. The second kappa shape index (κ2) is 3.82. The van der Waals surface area contributed by atoms with Crippen molar-refractivity contribution in [2.45, 2.75) is 32.0 Å². The van der Waals surface area contributed by atoms with Crippen LogP contribution in [0.25, 0.3) is 0 Å². The highest BCUT2D eigenvalue weighted by molar-refractivity contribution is 5.33. The lowest BCUT2D eigenvalue weighted by Crippen LogP contribution is -2.42. The van der Waals surface area contributed by atoms with E-state index in [9.17, 15) is 0 Å². The molecule has 3 nitrogen and oxygen atoms in total. The Kier molecular flexibility index (Phi) is 2.45. The van der Waals surface area contributed by atoms with Crippen LogP contribution in [0.1, 0.15) is 30.9 Å². The second-order valence-corrected chi connectivity index (χ2v) is 4.75. The number of likely N-dealkylation sites (tertiary alicyclic amines) is 1. The van der Waals surface area contributed by atoms with Gasteiger partial charge in [-0.3, -0.25) is 4.98 Å². The molecule has 2 aliphatic rings. The predicted octanol–water partition coefficient (Wildman–Crippen LogP) is 1.92. The minimum absolute atomic E-state index is 0.0186. The van der Waals surface area contributed by atoms with Crippen molar-refractivity contribution in [2.24, 2.45) is 0 Å². The number of rotatable bonds is 1. The Morgan fingerprint density at radius 3 is 3.00 bits per heavy atom. The topological polar surface area (TPSA) is 25.4 Å². The predicted molar refractivity (Wildman–Crippen MR) is 62.1 cm³/mol. The smallest absolute Gasteiger partial charge is 0.0978 e. The van der Waals surface area contributed by atoms with Gasteiger partial charge in [0.1, 0.15) is 0 Å². The van der Waals surface area contributed by atoms with Gasteiger partial charge in [0.05, 0.1) is 12.2 Å². The first kappa shape index (κ1) is 10.2. The first-order valence-corrected chi connectivity index (χ1v) is 6.14. The number of fused-ring (bicyclic) bond motifs is 2. The van der Waals surface area contributed by atoms with Crippen molar-refractivity contribution in [3.05, 3.63) is 29.6 Å². The number of nitrogens with zero attached hydrogens (tertiary/aromatic N) is 2. The van der Waals surface area contributed by atoms with E-state index in [1.807, 2.05) is 12.4 Å². The summed E-state index contributed by atoms with van der Waals surface area (Å²) in [5.41, 5.74) is 2.65. The fraction of sp³-hybridized carbons (Fsp3) is 0.615. The average Bonchev–Trinajstić information content (AvgIpc) is 2.71. The molecule has 2 aliphatic heterocycles. The molecule has 0 unspecified atom stereocenters. The molecule has 3 heterocycles. The monoisotopic (exact) mass is 218 g/mol. The Balaban J connectivity index is 1.87. The van der Waals surface area contributed by atoms with Crippen LogP contribution in [0, 0.1) is 0 Å². The normalized spacial score (nSPS) is 23.6. The lowest BCUT2D eigenvalue weighted by molar-refractivity contribution is -0.0782. The molecule has 0 saturated carbocycles. The van der Waals surface area contributed by atoms with Gasteiger partial charge >= 0.3 is 0 Å². The van der Waals surface area contributed by atoms with E-state index in [-0.39, 0.29) is 5.60 Å². The summed E-state index contributed by atoms with van der Waals surface area (Å²) in [5, 5.41) is 0. The summed E-state index contributed by atoms with van der Waals surface area (Å²) < 4.78 is 6.08. The molecule has 0 amide bonds. The van der Waals surface area contributed by atoms with Gasteiger partial charge in [-0.1, -0.05) is 6.92 Å². The molecule has 0 atom stereocenters. The fourth-order valence-corrected chi connectivity index (χ4v) is 2.90. The van der Waals surface area contributed by atoms with Crippen molar-refractivity contribution in [3.63, 3.8) is 0 Å². The molecule has 0 radical (unpaired) electrons. The second-order valence-electron chi connectivity index (χ2n) is 4.75. The van der Waals surface area contributed by atoms with Crippen LogP contribution in [-0.4, -0.2) is 29.5 Å². The average molecular weight is 218 g/mol. The van der Waals surface area contributed by atoms with Crippen LogP contribution in [0.4, 0.5) is 0 Å². The van der Waals surface area contributed by atoms with Gasteiger partial charge in [-0.2, -0.15) is 0 Å². The Morgan fingerprint density at radius 1 is 1.44 bits per heavy atom. The zero-order valence-corrected chi connectivity index (χ0v) is 9.78. The van der Waals surface area contributed by atoms with Gasteiger partial charge in [-0.25, -0.2) is 0 Å². The lowest BCUT2D eigenvalue weighted by Gasteiger charge is -2.38. The van der Waals surface area contributed by atoms with Crippen molar-refractivity contribution >= 4 is 0 Å². The van der Waals surface area contributed by atoms with E-state index in [1.54, 1.807) is 0 Å². The molecule has 0 N–H and O–H groups in total. The summed E-state index contributed by atoms with van der Waals surface area (Å²) in [6, 6.07) is 2.09. The third-order valence-electron chi connectivity index (χ3n) is 4.02. The van der Waals surface area contributed by atoms with Crippen molar-refractivity contribution in [2.75, 3.05) is 19.6 Å². The summed E-state index contributed by atoms with van der Waals surface area (Å²) in [4.78, 5) is 6.74. The molecular weight excluding hydrogens is 200 g/mol. The number of piperidine rings is 1. The number of ether oxygens (including phenoxy) is 1. The van der Waals surface area contributed by atoms with E-state index in [4.69, 9.17) is 4.74 Å². The van der Waals surface area contributed by atoms with Crippen LogP contribution in [0.3, 0.4) is 0 Å². The minimum atomic E-state index is -0.0186. The van der Waals surface area contributed by atoms with Crippen LogP contribution in [0.5, 0.6) is 0 Å². The lowest BCUT2D eigenvalue weighted by atomic mass is 9.85. The Hall–Kier alpha value is -0.930. The fourth-order valence-electron chi connectivity index (χ4n) is 2.90. The summed E-state index contributed by atoms with van der Waals surface area (Å²) in [6.45, 7) is 6.43. The number of hydrogen-bond donors (Lipinski definition) is 0. The molecule has 0 bridgehead atoms. The van der Waals surface area contributed by atoms with Gasteiger partial charge in [0.25, 0.3) is 0 Å². The van der Waals surface area contributed by atoms with E-state index < -0.39 is 0 Å². The highest BCUT2D eigenvalue weighted by Crippen LogP contribution is 2.43. The summed E-state index contributed by atoms with van der Waals surface area (Å²) in [7, 11) is 0. The van der Waals surface area contributed by atoms with E-state index >= 15 is 0 Å². The summed E-state index contributed by atoms with van der Waals surface area (Å²) >= 11 is 0. The zero-order chi connectivity index (χ0) is 11.0. The Labute approximate surface area is 96.4 Å². The molecule has 1 spiro atoms. The molecule has 0 aromatic carbocycles. The van der Waals surface area contributed by atoms with Crippen molar-refractivity contribution in [1.29, 1.82) is 0 Å². The van der Waals surface area contributed by atoms with Gasteiger partial charge in [0.2, 0.25) is 0 Å².